The lowest BCUT2D eigenvalue weighted by atomic mass is 9.78. The zero-order valence-corrected chi connectivity index (χ0v) is 18.7. The standard InChI is InChI=1S/C26H31ClN2O/c1-18-8-7-12-24(19(18)2)28-26(30)15-14-20-16-29(25-13-6-4-10-22(20)25)17-21-9-3-5-11-23(21)27/h3-6,9-11,13,16,18-19,24H,7-8,12,14-15,17H2,1-2H3,(H,28,30)/t18-,19-,24+/m1/s1. The van der Waals surface area contributed by atoms with E-state index in [-0.39, 0.29) is 5.91 Å². The average Bonchev–Trinajstić information content (AvgIpc) is 3.09. The fraction of sp³-hybridized carbons (Fsp3) is 0.423. The van der Waals surface area contributed by atoms with E-state index in [1.165, 1.54) is 29.3 Å². The molecule has 1 N–H and O–H groups in total. The number of aromatic nitrogens is 1. The third-order valence-corrected chi connectivity index (χ3v) is 7.21. The van der Waals surface area contributed by atoms with Gasteiger partial charge in [0.05, 0.1) is 0 Å². The van der Waals surface area contributed by atoms with E-state index in [9.17, 15) is 4.79 Å². The molecule has 3 aromatic rings. The second kappa shape index (κ2) is 9.26. The molecule has 3 nitrogen and oxygen atoms in total. The van der Waals surface area contributed by atoms with E-state index in [0.29, 0.717) is 24.3 Å². The number of aryl methyl sites for hydroxylation is 1. The zero-order valence-electron chi connectivity index (χ0n) is 17.9. The molecule has 0 radical (unpaired) electrons. The van der Waals surface area contributed by atoms with Gasteiger partial charge >= 0.3 is 0 Å². The summed E-state index contributed by atoms with van der Waals surface area (Å²) >= 11 is 6.38. The zero-order chi connectivity index (χ0) is 21.1. The third kappa shape index (κ3) is 4.57. The summed E-state index contributed by atoms with van der Waals surface area (Å²) in [7, 11) is 0. The van der Waals surface area contributed by atoms with Gasteiger partial charge in [-0.25, -0.2) is 0 Å². The Balaban J connectivity index is 1.47. The molecule has 1 heterocycles. The topological polar surface area (TPSA) is 34.0 Å². The van der Waals surface area contributed by atoms with Crippen LogP contribution in [0.4, 0.5) is 0 Å². The van der Waals surface area contributed by atoms with Crippen LogP contribution < -0.4 is 5.32 Å². The number of nitrogens with one attached hydrogen (secondary N) is 1. The molecule has 1 aromatic heterocycles. The minimum atomic E-state index is 0.170. The van der Waals surface area contributed by atoms with Crippen molar-refractivity contribution in [1.29, 1.82) is 0 Å². The lowest BCUT2D eigenvalue weighted by molar-refractivity contribution is -0.122. The summed E-state index contributed by atoms with van der Waals surface area (Å²) in [5.41, 5.74) is 3.50. The Kier molecular flexibility index (Phi) is 6.48. The fourth-order valence-corrected chi connectivity index (χ4v) is 4.97. The van der Waals surface area contributed by atoms with Crippen molar-refractivity contribution >= 4 is 28.4 Å². The Bertz CT molecular complexity index is 1020. The highest BCUT2D eigenvalue weighted by molar-refractivity contribution is 6.31. The quantitative estimate of drug-likeness (QED) is 0.502. The van der Waals surface area contributed by atoms with Crippen molar-refractivity contribution < 1.29 is 4.79 Å². The highest BCUT2D eigenvalue weighted by Crippen LogP contribution is 2.30. The molecule has 1 aliphatic rings. The number of carbonyl (C=O) groups excluding carboxylic acids is 1. The van der Waals surface area contributed by atoms with Gasteiger partial charge in [-0.1, -0.05) is 74.7 Å². The molecule has 1 fully saturated rings. The molecule has 4 heteroatoms. The van der Waals surface area contributed by atoms with Gasteiger partial charge in [0.1, 0.15) is 0 Å². The maximum absolute atomic E-state index is 12.7. The molecule has 4 rings (SSSR count). The Morgan fingerprint density at radius 2 is 1.83 bits per heavy atom. The van der Waals surface area contributed by atoms with Crippen molar-refractivity contribution in [2.75, 3.05) is 0 Å². The van der Waals surface area contributed by atoms with E-state index in [2.05, 4.69) is 60.3 Å². The van der Waals surface area contributed by atoms with Crippen LogP contribution in [-0.4, -0.2) is 16.5 Å². The van der Waals surface area contributed by atoms with Crippen LogP contribution in [0.2, 0.25) is 5.02 Å². The second-order valence-electron chi connectivity index (χ2n) is 8.83. The first kappa shape index (κ1) is 21.0. The van der Waals surface area contributed by atoms with Crippen molar-refractivity contribution in [2.24, 2.45) is 11.8 Å². The van der Waals surface area contributed by atoms with Gasteiger partial charge in [-0.3, -0.25) is 4.79 Å². The molecule has 0 aliphatic heterocycles. The van der Waals surface area contributed by atoms with Crippen LogP contribution >= 0.6 is 11.6 Å². The van der Waals surface area contributed by atoms with E-state index < -0.39 is 0 Å². The van der Waals surface area contributed by atoms with Crippen LogP contribution in [0.25, 0.3) is 10.9 Å². The van der Waals surface area contributed by atoms with Crippen molar-refractivity contribution in [3.8, 4) is 0 Å². The molecule has 30 heavy (non-hydrogen) atoms. The lowest BCUT2D eigenvalue weighted by Gasteiger charge is -2.34. The van der Waals surface area contributed by atoms with Crippen LogP contribution in [0.5, 0.6) is 0 Å². The van der Waals surface area contributed by atoms with Crippen LogP contribution in [0.1, 0.15) is 50.7 Å². The summed E-state index contributed by atoms with van der Waals surface area (Å²) in [6.45, 7) is 5.30. The summed E-state index contributed by atoms with van der Waals surface area (Å²) in [6.07, 6.45) is 7.06. The van der Waals surface area contributed by atoms with Gasteiger partial charge in [0.15, 0.2) is 0 Å². The highest BCUT2D eigenvalue weighted by Gasteiger charge is 2.28. The molecule has 1 aliphatic carbocycles. The van der Waals surface area contributed by atoms with Crippen LogP contribution in [0.3, 0.4) is 0 Å². The Hall–Kier alpha value is -2.26. The molecule has 0 spiro atoms. The summed E-state index contributed by atoms with van der Waals surface area (Å²) in [5.74, 6) is 1.41. The SMILES string of the molecule is C[C@@H]1[C@H](C)CCC[C@@H]1NC(=O)CCc1cn(Cc2ccccc2Cl)c2ccccc12. The van der Waals surface area contributed by atoms with Crippen LogP contribution in [0, 0.1) is 11.8 Å². The molecule has 0 bridgehead atoms. The number of benzene rings is 2. The number of carbonyl (C=O) groups is 1. The van der Waals surface area contributed by atoms with Crippen molar-refractivity contribution in [1.82, 2.24) is 9.88 Å². The number of amides is 1. The van der Waals surface area contributed by atoms with Gasteiger partial charge in [-0.05, 0) is 47.9 Å². The molecule has 0 saturated heterocycles. The normalized spacial score (nSPS) is 21.6. The average molecular weight is 423 g/mol. The molecule has 0 unspecified atom stereocenters. The molecule has 1 amide bonds. The summed E-state index contributed by atoms with van der Waals surface area (Å²) in [6, 6.07) is 16.7. The van der Waals surface area contributed by atoms with Gasteiger partial charge in [-0.15, -0.1) is 0 Å². The van der Waals surface area contributed by atoms with Crippen molar-refractivity contribution in [2.45, 2.75) is 58.5 Å². The molecular formula is C26H31ClN2O. The largest absolute Gasteiger partial charge is 0.353 e. The Morgan fingerprint density at radius 1 is 1.07 bits per heavy atom. The molecule has 1 saturated carbocycles. The predicted octanol–water partition coefficient (Wildman–Crippen LogP) is 6.22. The Labute approximate surface area is 184 Å². The minimum Gasteiger partial charge on any atom is -0.353 e. The number of fused-ring (bicyclic) bond motifs is 1. The van der Waals surface area contributed by atoms with Crippen LogP contribution in [0.15, 0.2) is 54.7 Å². The van der Waals surface area contributed by atoms with Crippen molar-refractivity contribution in [3.05, 3.63) is 70.9 Å². The third-order valence-electron chi connectivity index (χ3n) is 6.84. The first-order valence-corrected chi connectivity index (χ1v) is 11.5. The molecule has 2 aromatic carbocycles. The summed E-state index contributed by atoms with van der Waals surface area (Å²) < 4.78 is 2.24. The smallest absolute Gasteiger partial charge is 0.220 e. The van der Waals surface area contributed by atoms with E-state index in [0.717, 1.165) is 30.0 Å². The van der Waals surface area contributed by atoms with Gasteiger partial charge in [0, 0.05) is 41.1 Å². The number of hydrogen-bond acceptors (Lipinski definition) is 1. The van der Waals surface area contributed by atoms with Gasteiger partial charge in [0.2, 0.25) is 5.91 Å². The number of rotatable bonds is 6. The number of halogens is 1. The molecule has 158 valence electrons. The van der Waals surface area contributed by atoms with Crippen LogP contribution in [-0.2, 0) is 17.8 Å². The maximum Gasteiger partial charge on any atom is 0.220 e. The first-order valence-electron chi connectivity index (χ1n) is 11.1. The van der Waals surface area contributed by atoms with E-state index in [1.54, 1.807) is 0 Å². The first-order chi connectivity index (χ1) is 14.5. The summed E-state index contributed by atoms with van der Waals surface area (Å²) in [4.78, 5) is 12.7. The fourth-order valence-electron chi connectivity index (χ4n) is 4.78. The predicted molar refractivity (Wildman–Crippen MR) is 125 cm³/mol. The lowest BCUT2D eigenvalue weighted by Crippen LogP contribution is -2.43. The van der Waals surface area contributed by atoms with Gasteiger partial charge < -0.3 is 9.88 Å². The number of para-hydroxylation sites is 1. The molecular weight excluding hydrogens is 392 g/mol. The minimum absolute atomic E-state index is 0.170. The van der Waals surface area contributed by atoms with E-state index in [4.69, 9.17) is 11.6 Å². The Morgan fingerprint density at radius 3 is 2.67 bits per heavy atom. The second-order valence-corrected chi connectivity index (χ2v) is 9.24. The van der Waals surface area contributed by atoms with Crippen molar-refractivity contribution in [3.63, 3.8) is 0 Å². The maximum atomic E-state index is 12.7. The highest BCUT2D eigenvalue weighted by atomic mass is 35.5. The van der Waals surface area contributed by atoms with Gasteiger partial charge in [-0.2, -0.15) is 0 Å². The number of nitrogens with zero attached hydrogens (tertiary/aromatic N) is 1. The van der Waals surface area contributed by atoms with E-state index in [1.807, 2.05) is 18.2 Å². The van der Waals surface area contributed by atoms with E-state index >= 15 is 0 Å². The summed E-state index contributed by atoms with van der Waals surface area (Å²) in [5, 5.41) is 5.31. The van der Waals surface area contributed by atoms with Gasteiger partial charge in [0.25, 0.3) is 0 Å². The molecule has 3 atom stereocenters. The number of hydrogen-bond donors (Lipinski definition) is 1. The monoisotopic (exact) mass is 422 g/mol.